The van der Waals surface area contributed by atoms with Crippen LogP contribution in [-0.2, 0) is 6.42 Å². The summed E-state index contributed by atoms with van der Waals surface area (Å²) in [5.74, 6) is 2.48. The minimum atomic E-state index is 0.713. The largest absolute Gasteiger partial charge is 0.497 e. The third kappa shape index (κ3) is 2.31. The van der Waals surface area contributed by atoms with Crippen LogP contribution in [0.15, 0.2) is 18.3 Å². The Kier molecular flexibility index (Phi) is 3.15. The van der Waals surface area contributed by atoms with Gasteiger partial charge in [0, 0.05) is 18.7 Å². The number of hydrogen-bond donors (Lipinski definition) is 1. The number of rotatable bonds is 3. The highest BCUT2D eigenvalue weighted by atomic mass is 16.5. The smallest absolute Gasteiger partial charge is 0.159 e. The van der Waals surface area contributed by atoms with Gasteiger partial charge in [-0.25, -0.2) is 9.50 Å². The van der Waals surface area contributed by atoms with Crippen LogP contribution in [-0.4, -0.2) is 34.8 Å². The van der Waals surface area contributed by atoms with Crippen LogP contribution in [0.25, 0.3) is 5.65 Å². The number of fused-ring (bicyclic) bond motifs is 1. The summed E-state index contributed by atoms with van der Waals surface area (Å²) in [6.45, 7) is 2.23. The van der Waals surface area contributed by atoms with E-state index >= 15 is 0 Å². The van der Waals surface area contributed by atoms with Crippen molar-refractivity contribution in [3.05, 3.63) is 24.2 Å². The van der Waals surface area contributed by atoms with Gasteiger partial charge >= 0.3 is 0 Å². The fraction of sp³-hybridized carbons (Fsp3) is 0.538. The number of nitrogens with zero attached hydrogens (tertiary/aromatic N) is 3. The van der Waals surface area contributed by atoms with Gasteiger partial charge in [-0.3, -0.25) is 0 Å². The van der Waals surface area contributed by atoms with Gasteiger partial charge in [0.05, 0.1) is 7.11 Å². The van der Waals surface area contributed by atoms with Gasteiger partial charge in [-0.2, -0.15) is 5.10 Å². The van der Waals surface area contributed by atoms with E-state index in [0.717, 1.165) is 36.7 Å². The molecule has 0 bridgehead atoms. The van der Waals surface area contributed by atoms with Crippen molar-refractivity contribution in [1.82, 2.24) is 19.9 Å². The van der Waals surface area contributed by atoms with Crippen LogP contribution in [0.3, 0.4) is 0 Å². The highest BCUT2D eigenvalue weighted by molar-refractivity contribution is 5.43. The van der Waals surface area contributed by atoms with Crippen LogP contribution >= 0.6 is 0 Å². The van der Waals surface area contributed by atoms with Crippen LogP contribution in [0.4, 0.5) is 0 Å². The lowest BCUT2D eigenvalue weighted by Crippen LogP contribution is -2.28. The molecule has 5 nitrogen and oxygen atoms in total. The lowest BCUT2D eigenvalue weighted by molar-refractivity contribution is 0.367. The molecule has 2 aromatic rings. The van der Waals surface area contributed by atoms with Gasteiger partial charge in [0.25, 0.3) is 0 Å². The predicted octanol–water partition coefficient (Wildman–Crippen LogP) is 1.28. The summed E-state index contributed by atoms with van der Waals surface area (Å²) < 4.78 is 7.01. The standard InChI is InChI=1S/C13H18N4O/c1-18-11-4-7-17-13(9-11)15-12(16-17)8-10-2-5-14-6-3-10/h4,7,9-10,14H,2-3,5-6,8H2,1H3. The van der Waals surface area contributed by atoms with E-state index in [9.17, 15) is 0 Å². The van der Waals surface area contributed by atoms with Crippen LogP contribution < -0.4 is 10.1 Å². The molecule has 2 aromatic heterocycles. The molecule has 1 fully saturated rings. The summed E-state index contributed by atoms with van der Waals surface area (Å²) in [7, 11) is 1.66. The molecule has 0 amide bonds. The SMILES string of the molecule is COc1ccn2nc(CC3CCNCC3)nc2c1. The highest BCUT2D eigenvalue weighted by Crippen LogP contribution is 2.18. The zero-order valence-corrected chi connectivity index (χ0v) is 10.6. The molecule has 18 heavy (non-hydrogen) atoms. The molecule has 3 heterocycles. The summed E-state index contributed by atoms with van der Waals surface area (Å²) >= 11 is 0. The second-order valence-electron chi connectivity index (χ2n) is 4.79. The van der Waals surface area contributed by atoms with Crippen molar-refractivity contribution >= 4 is 5.65 Å². The number of pyridine rings is 1. The Morgan fingerprint density at radius 3 is 3.06 bits per heavy atom. The molecule has 1 aliphatic rings. The van der Waals surface area contributed by atoms with Crippen molar-refractivity contribution in [2.24, 2.45) is 5.92 Å². The summed E-state index contributed by atoms with van der Waals surface area (Å²) in [5.41, 5.74) is 0.860. The Labute approximate surface area is 106 Å². The first-order valence-electron chi connectivity index (χ1n) is 6.45. The van der Waals surface area contributed by atoms with Gasteiger partial charge in [0.15, 0.2) is 11.5 Å². The Hall–Kier alpha value is -1.62. The monoisotopic (exact) mass is 246 g/mol. The van der Waals surface area contributed by atoms with Crippen LogP contribution in [0.2, 0.25) is 0 Å². The number of nitrogens with one attached hydrogen (secondary N) is 1. The third-order valence-electron chi connectivity index (χ3n) is 3.52. The molecule has 0 unspecified atom stereocenters. The van der Waals surface area contributed by atoms with E-state index in [0.29, 0.717) is 5.92 Å². The Bertz CT molecular complexity index is 531. The number of piperidine rings is 1. The van der Waals surface area contributed by atoms with Gasteiger partial charge < -0.3 is 10.1 Å². The average Bonchev–Trinajstić information content (AvgIpc) is 2.80. The Morgan fingerprint density at radius 2 is 2.28 bits per heavy atom. The normalized spacial score (nSPS) is 17.2. The first-order chi connectivity index (χ1) is 8.85. The minimum absolute atomic E-state index is 0.713. The molecule has 0 atom stereocenters. The lowest BCUT2D eigenvalue weighted by Gasteiger charge is -2.20. The highest BCUT2D eigenvalue weighted by Gasteiger charge is 2.16. The number of methoxy groups -OCH3 is 1. The lowest BCUT2D eigenvalue weighted by atomic mass is 9.94. The second kappa shape index (κ2) is 4.94. The van der Waals surface area contributed by atoms with E-state index in [1.165, 1.54) is 12.8 Å². The first kappa shape index (κ1) is 11.5. The summed E-state index contributed by atoms with van der Waals surface area (Å²) in [6.07, 6.45) is 5.32. The summed E-state index contributed by atoms with van der Waals surface area (Å²) in [4.78, 5) is 4.57. The van der Waals surface area contributed by atoms with Gasteiger partial charge in [0.2, 0.25) is 0 Å². The number of aromatic nitrogens is 3. The molecule has 3 rings (SSSR count). The minimum Gasteiger partial charge on any atom is -0.497 e. The average molecular weight is 246 g/mol. The molecule has 1 N–H and O–H groups in total. The molecule has 96 valence electrons. The van der Waals surface area contributed by atoms with E-state index < -0.39 is 0 Å². The predicted molar refractivity (Wildman–Crippen MR) is 68.8 cm³/mol. The summed E-state index contributed by atoms with van der Waals surface area (Å²) in [5, 5.41) is 7.89. The van der Waals surface area contributed by atoms with E-state index in [-0.39, 0.29) is 0 Å². The molecular formula is C13H18N4O. The zero-order valence-electron chi connectivity index (χ0n) is 10.6. The molecule has 0 saturated carbocycles. The maximum atomic E-state index is 5.19. The second-order valence-corrected chi connectivity index (χ2v) is 4.79. The maximum Gasteiger partial charge on any atom is 0.159 e. The van der Waals surface area contributed by atoms with Gasteiger partial charge in [-0.05, 0) is 37.9 Å². The van der Waals surface area contributed by atoms with Crippen molar-refractivity contribution < 1.29 is 4.74 Å². The molecular weight excluding hydrogens is 228 g/mol. The van der Waals surface area contributed by atoms with E-state index in [4.69, 9.17) is 4.74 Å². The third-order valence-corrected chi connectivity index (χ3v) is 3.52. The molecule has 0 radical (unpaired) electrons. The van der Waals surface area contributed by atoms with Crippen LogP contribution in [0, 0.1) is 5.92 Å². The van der Waals surface area contributed by atoms with Crippen LogP contribution in [0.5, 0.6) is 5.75 Å². The fourth-order valence-corrected chi connectivity index (χ4v) is 2.47. The molecule has 0 aliphatic carbocycles. The Morgan fingerprint density at radius 1 is 1.44 bits per heavy atom. The van der Waals surface area contributed by atoms with Gasteiger partial charge in [-0.1, -0.05) is 0 Å². The zero-order chi connectivity index (χ0) is 12.4. The topological polar surface area (TPSA) is 51.5 Å². The summed E-state index contributed by atoms with van der Waals surface area (Å²) in [6, 6.07) is 3.81. The molecule has 5 heteroatoms. The van der Waals surface area contributed by atoms with E-state index in [2.05, 4.69) is 15.4 Å². The molecule has 0 spiro atoms. The number of ether oxygens (including phenoxy) is 1. The molecule has 0 aromatic carbocycles. The van der Waals surface area contributed by atoms with E-state index in [1.807, 2.05) is 22.8 Å². The molecule has 1 aliphatic heterocycles. The van der Waals surface area contributed by atoms with Crippen molar-refractivity contribution in [1.29, 1.82) is 0 Å². The van der Waals surface area contributed by atoms with E-state index in [1.54, 1.807) is 7.11 Å². The van der Waals surface area contributed by atoms with Crippen molar-refractivity contribution in [2.45, 2.75) is 19.3 Å². The number of hydrogen-bond acceptors (Lipinski definition) is 4. The van der Waals surface area contributed by atoms with Crippen molar-refractivity contribution in [3.63, 3.8) is 0 Å². The molecule has 1 saturated heterocycles. The maximum absolute atomic E-state index is 5.19. The quantitative estimate of drug-likeness (QED) is 0.886. The Balaban J connectivity index is 1.79. The van der Waals surface area contributed by atoms with Crippen molar-refractivity contribution in [2.75, 3.05) is 20.2 Å². The van der Waals surface area contributed by atoms with Gasteiger partial charge in [0.1, 0.15) is 5.75 Å². The van der Waals surface area contributed by atoms with Crippen LogP contribution in [0.1, 0.15) is 18.7 Å². The fourth-order valence-electron chi connectivity index (χ4n) is 2.47. The first-order valence-corrected chi connectivity index (χ1v) is 6.45. The van der Waals surface area contributed by atoms with Crippen molar-refractivity contribution in [3.8, 4) is 5.75 Å². The van der Waals surface area contributed by atoms with Gasteiger partial charge in [-0.15, -0.1) is 0 Å².